The molecule has 1 aromatic rings. The summed E-state index contributed by atoms with van der Waals surface area (Å²) in [6.07, 6.45) is 10.2. The fraction of sp³-hybridized carbons (Fsp3) is 0.905. The Labute approximate surface area is 166 Å². The molecule has 1 amide bonds. The van der Waals surface area contributed by atoms with Crippen LogP contribution in [0.15, 0.2) is 0 Å². The van der Waals surface area contributed by atoms with Gasteiger partial charge >= 0.3 is 0 Å². The molecule has 3 atom stereocenters. The summed E-state index contributed by atoms with van der Waals surface area (Å²) in [6.45, 7) is 6.23. The molecule has 7 rings (SSSR count). The third-order valence-electron chi connectivity index (χ3n) is 9.15. The number of rotatable bonds is 3. The predicted molar refractivity (Wildman–Crippen MR) is 103 cm³/mol. The topological polar surface area (TPSA) is 84.7 Å². The van der Waals surface area contributed by atoms with Crippen LogP contribution in [0.1, 0.15) is 70.5 Å². The van der Waals surface area contributed by atoms with Crippen LogP contribution in [0.25, 0.3) is 0 Å². The summed E-state index contributed by atoms with van der Waals surface area (Å²) in [7, 11) is 0. The van der Waals surface area contributed by atoms with Gasteiger partial charge in [-0.1, -0.05) is 6.92 Å². The van der Waals surface area contributed by atoms with E-state index in [0.29, 0.717) is 17.7 Å². The molecule has 6 fully saturated rings. The number of nitrogens with zero attached hydrogens (tertiary/aromatic N) is 4. The number of amides is 1. The average Bonchev–Trinajstić information content (AvgIpc) is 2.97. The van der Waals surface area contributed by atoms with Crippen molar-refractivity contribution in [1.82, 2.24) is 30.8 Å². The lowest BCUT2D eigenvalue weighted by atomic mass is 9.50. The van der Waals surface area contributed by atoms with Crippen molar-refractivity contribution in [2.75, 3.05) is 13.1 Å². The lowest BCUT2D eigenvalue weighted by Crippen LogP contribution is -2.66. The zero-order chi connectivity index (χ0) is 19.2. The molecule has 4 bridgehead atoms. The third kappa shape index (κ3) is 2.25. The summed E-state index contributed by atoms with van der Waals surface area (Å²) >= 11 is 0. The Balaban J connectivity index is 1.27. The zero-order valence-electron chi connectivity index (χ0n) is 17.1. The van der Waals surface area contributed by atoms with Gasteiger partial charge in [0.2, 0.25) is 5.91 Å². The summed E-state index contributed by atoms with van der Waals surface area (Å²) in [5.41, 5.74) is -0.0431. The van der Waals surface area contributed by atoms with E-state index in [2.05, 4.69) is 33.0 Å². The monoisotopic (exact) mass is 384 g/mol. The lowest BCUT2D eigenvalue weighted by molar-refractivity contribution is -0.137. The molecule has 6 aliphatic rings. The Bertz CT molecular complexity index is 813. The van der Waals surface area contributed by atoms with Crippen LogP contribution in [0.2, 0.25) is 0 Å². The largest absolute Gasteiger partial charge is 0.350 e. The van der Waals surface area contributed by atoms with Crippen LogP contribution in [0.3, 0.4) is 0 Å². The summed E-state index contributed by atoms with van der Waals surface area (Å²) in [4.78, 5) is 15.5. The Kier molecular flexibility index (Phi) is 3.32. The van der Waals surface area contributed by atoms with Crippen molar-refractivity contribution in [2.24, 2.45) is 22.7 Å². The molecule has 2 N–H and O–H groups in total. The van der Waals surface area contributed by atoms with E-state index >= 15 is 0 Å². The number of tetrazole rings is 1. The molecule has 28 heavy (non-hydrogen) atoms. The van der Waals surface area contributed by atoms with Crippen LogP contribution in [0.5, 0.6) is 0 Å². The maximum Gasteiger partial charge on any atom is 0.226 e. The van der Waals surface area contributed by atoms with Crippen molar-refractivity contribution >= 4 is 5.91 Å². The number of nitrogens with one attached hydrogen (secondary N) is 2. The van der Waals surface area contributed by atoms with Crippen molar-refractivity contribution in [2.45, 2.75) is 82.7 Å². The summed E-state index contributed by atoms with van der Waals surface area (Å²) in [5.74, 6) is 2.40. The van der Waals surface area contributed by atoms with Crippen LogP contribution in [0, 0.1) is 29.6 Å². The van der Waals surface area contributed by atoms with Gasteiger partial charge in [-0.3, -0.25) is 4.79 Å². The van der Waals surface area contributed by atoms with Crippen LogP contribution < -0.4 is 10.6 Å². The van der Waals surface area contributed by atoms with E-state index in [0.717, 1.165) is 70.3 Å². The summed E-state index contributed by atoms with van der Waals surface area (Å²) < 4.78 is 0. The second kappa shape index (κ2) is 5.35. The maximum atomic E-state index is 13.5. The highest BCUT2D eigenvalue weighted by atomic mass is 16.2. The average molecular weight is 385 g/mol. The molecule has 0 radical (unpaired) electrons. The van der Waals surface area contributed by atoms with Crippen molar-refractivity contribution in [1.29, 1.82) is 0 Å². The van der Waals surface area contributed by atoms with Gasteiger partial charge in [0.05, 0.1) is 11.0 Å². The molecule has 7 heteroatoms. The first-order valence-electron chi connectivity index (χ1n) is 11.2. The van der Waals surface area contributed by atoms with Gasteiger partial charge in [0.1, 0.15) is 0 Å². The highest BCUT2D eigenvalue weighted by molar-refractivity contribution is 5.87. The van der Waals surface area contributed by atoms with Crippen LogP contribution in [0.4, 0.5) is 0 Å². The highest BCUT2D eigenvalue weighted by Gasteiger charge is 2.69. The van der Waals surface area contributed by atoms with Gasteiger partial charge in [-0.05, 0) is 100 Å². The molecule has 1 spiro atoms. The fourth-order valence-corrected chi connectivity index (χ4v) is 8.05. The Morgan fingerprint density at radius 2 is 1.86 bits per heavy atom. The number of hydrogen-bond acceptors (Lipinski definition) is 5. The van der Waals surface area contributed by atoms with Gasteiger partial charge in [-0.2, -0.15) is 4.80 Å². The van der Waals surface area contributed by atoms with E-state index < -0.39 is 0 Å². The molecule has 5 saturated carbocycles. The van der Waals surface area contributed by atoms with Crippen molar-refractivity contribution in [3.8, 4) is 0 Å². The summed E-state index contributed by atoms with van der Waals surface area (Å²) in [6, 6.07) is 0. The first kappa shape index (κ1) is 17.4. The van der Waals surface area contributed by atoms with E-state index in [9.17, 15) is 4.79 Å². The fourth-order valence-electron chi connectivity index (χ4n) is 8.05. The SMILES string of the molecule is Cc1nnn(C23CC4CC(CC(NC(=O)C5(C)CC56CCNCC6)(C4)C2)C3)n1. The first-order chi connectivity index (χ1) is 13.4. The molecule has 0 aromatic carbocycles. The van der Waals surface area contributed by atoms with E-state index in [1.54, 1.807) is 0 Å². The van der Waals surface area contributed by atoms with Crippen molar-refractivity contribution < 1.29 is 4.79 Å². The second-order valence-electron chi connectivity index (χ2n) is 11.1. The minimum atomic E-state index is -0.173. The second-order valence-corrected chi connectivity index (χ2v) is 11.1. The minimum Gasteiger partial charge on any atom is -0.350 e. The molecular weight excluding hydrogens is 352 g/mol. The van der Waals surface area contributed by atoms with Gasteiger partial charge in [0.15, 0.2) is 5.82 Å². The molecule has 5 aliphatic carbocycles. The maximum absolute atomic E-state index is 13.5. The van der Waals surface area contributed by atoms with E-state index in [1.165, 1.54) is 6.42 Å². The van der Waals surface area contributed by atoms with E-state index in [4.69, 9.17) is 0 Å². The zero-order valence-corrected chi connectivity index (χ0v) is 17.1. The molecule has 3 unspecified atom stereocenters. The standard InChI is InChI=1S/C21H32N6O/c1-14-24-26-27(25-14)21-10-15-7-16(11-21)9-20(8-15,13-21)23-17(28)18(2)12-19(18)3-5-22-6-4-19/h15-16,22H,3-13H2,1-2H3,(H,23,28). The van der Waals surface area contributed by atoms with Gasteiger partial charge < -0.3 is 10.6 Å². The van der Waals surface area contributed by atoms with E-state index in [1.807, 2.05) is 11.7 Å². The Morgan fingerprint density at radius 1 is 1.14 bits per heavy atom. The molecular formula is C21H32N6O. The van der Waals surface area contributed by atoms with Gasteiger partial charge in [0, 0.05) is 5.54 Å². The van der Waals surface area contributed by atoms with Crippen molar-refractivity contribution in [3.05, 3.63) is 5.82 Å². The highest BCUT2D eigenvalue weighted by Crippen LogP contribution is 2.69. The predicted octanol–water partition coefficient (Wildman–Crippen LogP) is 1.93. The number of carbonyl (C=O) groups is 1. The first-order valence-corrected chi connectivity index (χ1v) is 11.2. The number of hydrogen-bond donors (Lipinski definition) is 2. The Morgan fingerprint density at radius 3 is 2.50 bits per heavy atom. The molecule has 1 aliphatic heterocycles. The summed E-state index contributed by atoms with van der Waals surface area (Å²) in [5, 5.41) is 20.3. The molecule has 1 saturated heterocycles. The normalized spacial score (nSPS) is 45.4. The molecule has 1 aromatic heterocycles. The number of aromatic nitrogens is 4. The molecule has 2 heterocycles. The smallest absolute Gasteiger partial charge is 0.226 e. The number of piperidine rings is 1. The van der Waals surface area contributed by atoms with Crippen molar-refractivity contribution in [3.63, 3.8) is 0 Å². The lowest BCUT2D eigenvalue weighted by Gasteiger charge is -2.61. The quantitative estimate of drug-likeness (QED) is 0.832. The molecule has 7 nitrogen and oxygen atoms in total. The van der Waals surface area contributed by atoms with Gasteiger partial charge in [0.25, 0.3) is 0 Å². The van der Waals surface area contributed by atoms with Crippen LogP contribution in [-0.2, 0) is 10.3 Å². The number of aryl methyl sites for hydroxylation is 1. The minimum absolute atomic E-state index is 0.0461. The van der Waals surface area contributed by atoms with Crippen LogP contribution in [-0.4, -0.2) is 44.7 Å². The Hall–Kier alpha value is -1.50. The van der Waals surface area contributed by atoms with Crippen LogP contribution >= 0.6 is 0 Å². The van der Waals surface area contributed by atoms with Gasteiger partial charge in [-0.25, -0.2) is 0 Å². The molecule has 152 valence electrons. The third-order valence-corrected chi connectivity index (χ3v) is 9.15. The van der Waals surface area contributed by atoms with Gasteiger partial charge in [-0.15, -0.1) is 10.2 Å². The number of carbonyl (C=O) groups excluding carboxylic acids is 1. The van der Waals surface area contributed by atoms with E-state index in [-0.39, 0.29) is 21.9 Å².